The maximum atomic E-state index is 11.8. The summed E-state index contributed by atoms with van der Waals surface area (Å²) in [6.07, 6.45) is 1.94. The number of ether oxygens (including phenoxy) is 1. The van der Waals surface area contributed by atoms with E-state index in [9.17, 15) is 4.79 Å². The normalized spacial score (nSPS) is 22.6. The Kier molecular flexibility index (Phi) is 5.70. The molecule has 0 aromatic heterocycles. The van der Waals surface area contributed by atoms with Crippen LogP contribution in [-0.4, -0.2) is 25.7 Å². The van der Waals surface area contributed by atoms with Crippen LogP contribution in [0.4, 0.5) is 0 Å². The molecule has 0 amide bonds. The van der Waals surface area contributed by atoms with Gasteiger partial charge in [0.05, 0.1) is 29.7 Å². The first-order chi connectivity index (χ1) is 9.61. The molecule has 20 heavy (non-hydrogen) atoms. The van der Waals surface area contributed by atoms with Gasteiger partial charge in [-0.25, -0.2) is 0 Å². The molecule has 1 unspecified atom stereocenters. The first kappa shape index (κ1) is 15.6. The van der Waals surface area contributed by atoms with E-state index in [-0.39, 0.29) is 11.9 Å². The fourth-order valence-corrected chi connectivity index (χ4v) is 3.26. The molecule has 1 saturated heterocycles. The van der Waals surface area contributed by atoms with E-state index >= 15 is 0 Å². The van der Waals surface area contributed by atoms with Gasteiger partial charge in [0.2, 0.25) is 0 Å². The third kappa shape index (κ3) is 3.87. The van der Waals surface area contributed by atoms with Crippen LogP contribution in [0.3, 0.4) is 0 Å². The Hall–Kier alpha value is -0.770. The van der Waals surface area contributed by atoms with Crippen molar-refractivity contribution in [2.75, 3.05) is 19.7 Å². The molecule has 1 N–H and O–H groups in total. The summed E-state index contributed by atoms with van der Waals surface area (Å²) in [5.74, 6) is -0.0741. The molecule has 3 nitrogen and oxygen atoms in total. The molecular formula is C15H20Cl2NO2+. The smallest absolute Gasteiger partial charge is 0.314 e. The van der Waals surface area contributed by atoms with E-state index in [1.807, 2.05) is 25.1 Å². The molecule has 0 bridgehead atoms. The van der Waals surface area contributed by atoms with Gasteiger partial charge in [0.25, 0.3) is 0 Å². The number of hydrogen-bond donors (Lipinski definition) is 1. The van der Waals surface area contributed by atoms with Gasteiger partial charge in [-0.15, -0.1) is 0 Å². The highest BCUT2D eigenvalue weighted by atomic mass is 35.5. The highest BCUT2D eigenvalue weighted by Crippen LogP contribution is 2.23. The highest BCUT2D eigenvalue weighted by molar-refractivity contribution is 6.35. The Balaban J connectivity index is 2.01. The summed E-state index contributed by atoms with van der Waals surface area (Å²) in [7, 11) is 0. The highest BCUT2D eigenvalue weighted by Gasteiger charge is 2.30. The van der Waals surface area contributed by atoms with Gasteiger partial charge < -0.3 is 9.64 Å². The van der Waals surface area contributed by atoms with Crippen LogP contribution in [0.5, 0.6) is 0 Å². The van der Waals surface area contributed by atoms with Crippen molar-refractivity contribution in [2.24, 2.45) is 5.92 Å². The van der Waals surface area contributed by atoms with Crippen LogP contribution < -0.4 is 4.90 Å². The largest absolute Gasteiger partial charge is 0.466 e. The number of hydrogen-bond acceptors (Lipinski definition) is 2. The molecule has 2 atom stereocenters. The minimum absolute atomic E-state index is 0.0000340. The van der Waals surface area contributed by atoms with Crippen LogP contribution in [0.2, 0.25) is 10.0 Å². The minimum atomic E-state index is -0.0741. The van der Waals surface area contributed by atoms with Crippen molar-refractivity contribution in [3.63, 3.8) is 0 Å². The zero-order valence-electron chi connectivity index (χ0n) is 11.6. The quantitative estimate of drug-likeness (QED) is 0.864. The predicted octanol–water partition coefficient (Wildman–Crippen LogP) is 2.35. The molecule has 2 rings (SSSR count). The van der Waals surface area contributed by atoms with E-state index in [0.717, 1.165) is 38.0 Å². The zero-order chi connectivity index (χ0) is 14.5. The van der Waals surface area contributed by atoms with Gasteiger partial charge in [0.15, 0.2) is 0 Å². The molecule has 1 aromatic rings. The Morgan fingerprint density at radius 2 is 2.10 bits per heavy atom. The van der Waals surface area contributed by atoms with Crippen molar-refractivity contribution in [1.82, 2.24) is 0 Å². The van der Waals surface area contributed by atoms with Crippen LogP contribution in [0.15, 0.2) is 18.2 Å². The Morgan fingerprint density at radius 3 is 2.75 bits per heavy atom. The first-order valence-corrected chi connectivity index (χ1v) is 7.80. The maximum absolute atomic E-state index is 11.8. The fraction of sp³-hybridized carbons (Fsp3) is 0.533. The third-order valence-electron chi connectivity index (χ3n) is 3.73. The number of carbonyl (C=O) groups excluding carboxylic acids is 1. The molecule has 1 aliphatic heterocycles. The van der Waals surface area contributed by atoms with Crippen LogP contribution in [-0.2, 0) is 16.1 Å². The van der Waals surface area contributed by atoms with Crippen LogP contribution in [0, 0.1) is 5.92 Å². The Labute approximate surface area is 129 Å². The molecular weight excluding hydrogens is 297 g/mol. The monoisotopic (exact) mass is 316 g/mol. The molecule has 110 valence electrons. The van der Waals surface area contributed by atoms with Gasteiger partial charge in [-0.2, -0.15) is 0 Å². The van der Waals surface area contributed by atoms with Crippen LogP contribution in [0.25, 0.3) is 0 Å². The van der Waals surface area contributed by atoms with Crippen LogP contribution in [0.1, 0.15) is 25.3 Å². The summed E-state index contributed by atoms with van der Waals surface area (Å²) < 4.78 is 5.12. The van der Waals surface area contributed by atoms with Crippen molar-refractivity contribution in [1.29, 1.82) is 0 Å². The van der Waals surface area contributed by atoms with Gasteiger partial charge in [0, 0.05) is 5.56 Å². The standard InChI is InChI=1S/C15H19Cl2NO2/c1-2-20-15(19)11-5-4-8-18(9-11)10-12-13(16)6-3-7-14(12)17/h3,6-7,11H,2,4-5,8-10H2,1H3/p+1/t11-/m0/s1. The lowest BCUT2D eigenvalue weighted by Crippen LogP contribution is -3.12. The number of nitrogens with one attached hydrogen (secondary N) is 1. The number of esters is 1. The molecule has 1 aromatic carbocycles. The van der Waals surface area contributed by atoms with Gasteiger partial charge in [-0.3, -0.25) is 4.79 Å². The molecule has 1 aliphatic rings. The summed E-state index contributed by atoms with van der Waals surface area (Å²) >= 11 is 12.4. The number of carbonyl (C=O) groups is 1. The van der Waals surface area contributed by atoms with Crippen LogP contribution >= 0.6 is 23.2 Å². The Bertz CT molecular complexity index is 459. The van der Waals surface area contributed by atoms with E-state index in [1.54, 1.807) is 0 Å². The summed E-state index contributed by atoms with van der Waals surface area (Å²) in [6.45, 7) is 4.88. The van der Waals surface area contributed by atoms with E-state index in [2.05, 4.69) is 0 Å². The Morgan fingerprint density at radius 1 is 1.40 bits per heavy atom. The lowest BCUT2D eigenvalue weighted by atomic mass is 9.97. The molecule has 0 radical (unpaired) electrons. The third-order valence-corrected chi connectivity index (χ3v) is 4.43. The van der Waals surface area contributed by atoms with Crippen molar-refractivity contribution in [2.45, 2.75) is 26.3 Å². The second-order valence-corrected chi connectivity index (χ2v) is 5.99. The van der Waals surface area contributed by atoms with Crippen molar-refractivity contribution in [3.8, 4) is 0 Å². The predicted molar refractivity (Wildman–Crippen MR) is 80.2 cm³/mol. The van der Waals surface area contributed by atoms with Crippen molar-refractivity contribution < 1.29 is 14.4 Å². The molecule has 1 heterocycles. The second kappa shape index (κ2) is 7.30. The second-order valence-electron chi connectivity index (χ2n) is 5.17. The number of likely N-dealkylation sites (tertiary alicyclic amines) is 1. The average molecular weight is 317 g/mol. The molecule has 5 heteroatoms. The van der Waals surface area contributed by atoms with Crippen molar-refractivity contribution in [3.05, 3.63) is 33.8 Å². The lowest BCUT2D eigenvalue weighted by molar-refractivity contribution is -0.921. The van der Waals surface area contributed by atoms with Gasteiger partial charge >= 0.3 is 5.97 Å². The van der Waals surface area contributed by atoms with Gasteiger partial charge in [-0.1, -0.05) is 29.3 Å². The SMILES string of the molecule is CCOC(=O)[C@H]1CCC[NH+](Cc2c(Cl)cccc2Cl)C1. The number of piperidine rings is 1. The first-order valence-electron chi connectivity index (χ1n) is 7.05. The molecule has 1 fully saturated rings. The number of quaternary nitrogens is 1. The summed E-state index contributed by atoms with van der Waals surface area (Å²) in [5.41, 5.74) is 0.968. The zero-order valence-corrected chi connectivity index (χ0v) is 13.1. The lowest BCUT2D eigenvalue weighted by Gasteiger charge is -2.29. The number of benzene rings is 1. The van der Waals surface area contributed by atoms with Crippen molar-refractivity contribution >= 4 is 29.2 Å². The van der Waals surface area contributed by atoms with E-state index < -0.39 is 0 Å². The van der Waals surface area contributed by atoms with E-state index in [1.165, 1.54) is 4.90 Å². The van der Waals surface area contributed by atoms with Gasteiger partial charge in [0.1, 0.15) is 12.5 Å². The number of halogens is 2. The fourth-order valence-electron chi connectivity index (χ4n) is 2.72. The summed E-state index contributed by atoms with van der Waals surface area (Å²) in [5, 5.41) is 1.39. The maximum Gasteiger partial charge on any atom is 0.314 e. The number of rotatable bonds is 4. The summed E-state index contributed by atoms with van der Waals surface area (Å²) in [4.78, 5) is 13.2. The van der Waals surface area contributed by atoms with E-state index in [4.69, 9.17) is 27.9 Å². The van der Waals surface area contributed by atoms with Gasteiger partial charge in [-0.05, 0) is 31.9 Å². The molecule has 0 saturated carbocycles. The van der Waals surface area contributed by atoms with E-state index in [0.29, 0.717) is 16.7 Å². The topological polar surface area (TPSA) is 30.7 Å². The minimum Gasteiger partial charge on any atom is -0.466 e. The average Bonchev–Trinajstić information content (AvgIpc) is 2.44. The molecule has 0 aliphatic carbocycles. The summed E-state index contributed by atoms with van der Waals surface area (Å²) in [6, 6.07) is 5.56. The molecule has 0 spiro atoms.